The number of urea groups is 1. The van der Waals surface area contributed by atoms with Crippen molar-refractivity contribution in [1.29, 1.82) is 0 Å². The lowest BCUT2D eigenvalue weighted by Gasteiger charge is -2.43. The molecule has 0 bridgehead atoms. The van der Waals surface area contributed by atoms with E-state index in [9.17, 15) is 14.4 Å². The zero-order chi connectivity index (χ0) is 23.7. The first-order valence-corrected chi connectivity index (χ1v) is 11.6. The zero-order valence-corrected chi connectivity index (χ0v) is 19.2. The molecule has 9 nitrogen and oxygen atoms in total. The molecular weight excluding hydrogens is 434 g/mol. The molecule has 2 aromatic carbocycles. The van der Waals surface area contributed by atoms with Gasteiger partial charge in [-0.05, 0) is 17.5 Å². The van der Waals surface area contributed by atoms with Crippen molar-refractivity contribution in [2.45, 2.75) is 38.1 Å². The second kappa shape index (κ2) is 9.54. The van der Waals surface area contributed by atoms with Gasteiger partial charge in [0.05, 0.1) is 0 Å². The molecule has 3 unspecified atom stereocenters. The molecule has 5 rings (SSSR count). The Bertz CT molecular complexity index is 1050. The van der Waals surface area contributed by atoms with E-state index in [-0.39, 0.29) is 18.8 Å². The summed E-state index contributed by atoms with van der Waals surface area (Å²) in [5, 5.41) is 3.49. The minimum Gasteiger partial charge on any atom is -0.459 e. The summed E-state index contributed by atoms with van der Waals surface area (Å²) in [5.41, 5.74) is 2.04. The van der Waals surface area contributed by atoms with Gasteiger partial charge < -0.3 is 9.64 Å². The number of nitrogens with one attached hydrogen (secondary N) is 1. The number of carbonyl (C=O) groups excluding carboxylic acids is 3. The van der Waals surface area contributed by atoms with Gasteiger partial charge >= 0.3 is 12.0 Å². The molecule has 3 aliphatic heterocycles. The molecule has 3 aliphatic rings. The van der Waals surface area contributed by atoms with Crippen molar-refractivity contribution in [2.24, 2.45) is 0 Å². The Morgan fingerprint density at radius 2 is 1.68 bits per heavy atom. The second-order valence-electron chi connectivity index (χ2n) is 8.94. The molecular formula is C25H29N5O4. The molecule has 34 heavy (non-hydrogen) atoms. The minimum atomic E-state index is -0.607. The molecule has 3 heterocycles. The van der Waals surface area contributed by atoms with Crippen molar-refractivity contribution in [1.82, 2.24) is 24.9 Å². The molecule has 2 aromatic rings. The average Bonchev–Trinajstić information content (AvgIpc) is 3.26. The van der Waals surface area contributed by atoms with Crippen LogP contribution in [0.1, 0.15) is 17.5 Å². The Kier molecular flexibility index (Phi) is 6.32. The van der Waals surface area contributed by atoms with Crippen LogP contribution in [0.2, 0.25) is 0 Å². The maximum absolute atomic E-state index is 13.5. The summed E-state index contributed by atoms with van der Waals surface area (Å²) in [7, 11) is 1.67. The normalized spacial score (nSPS) is 25.3. The summed E-state index contributed by atoms with van der Waals surface area (Å²) in [6.07, 6.45) is 0.310. The highest BCUT2D eigenvalue weighted by Crippen LogP contribution is 2.31. The third-order valence-electron chi connectivity index (χ3n) is 6.73. The van der Waals surface area contributed by atoms with Crippen LogP contribution in [-0.2, 0) is 27.5 Å². The van der Waals surface area contributed by atoms with E-state index in [1.807, 2.05) is 48.5 Å². The van der Waals surface area contributed by atoms with Gasteiger partial charge in [-0.25, -0.2) is 4.79 Å². The Morgan fingerprint density at radius 3 is 2.38 bits per heavy atom. The van der Waals surface area contributed by atoms with Crippen LogP contribution < -0.4 is 5.32 Å². The fourth-order valence-corrected chi connectivity index (χ4v) is 5.03. The number of amides is 3. The van der Waals surface area contributed by atoms with Crippen LogP contribution in [0, 0.1) is 0 Å². The highest BCUT2D eigenvalue weighted by Gasteiger charge is 2.56. The largest absolute Gasteiger partial charge is 0.459 e. The van der Waals surface area contributed by atoms with Crippen LogP contribution in [0.25, 0.3) is 0 Å². The van der Waals surface area contributed by atoms with Gasteiger partial charge in [0, 0.05) is 26.7 Å². The lowest BCUT2D eigenvalue weighted by atomic mass is 10.1. The molecule has 0 radical (unpaired) electrons. The summed E-state index contributed by atoms with van der Waals surface area (Å²) in [5.74, 6) is -0.967. The lowest BCUT2D eigenvalue weighted by Crippen LogP contribution is -2.67. The van der Waals surface area contributed by atoms with Gasteiger partial charge in [0.2, 0.25) is 0 Å². The number of fused-ring (bicyclic) bond motifs is 3. The van der Waals surface area contributed by atoms with Crippen molar-refractivity contribution in [3.63, 3.8) is 0 Å². The fourth-order valence-electron chi connectivity index (χ4n) is 5.03. The van der Waals surface area contributed by atoms with Crippen molar-refractivity contribution in [2.75, 3.05) is 26.7 Å². The average molecular weight is 464 g/mol. The molecule has 3 amide bonds. The van der Waals surface area contributed by atoms with Gasteiger partial charge in [-0.1, -0.05) is 60.7 Å². The van der Waals surface area contributed by atoms with E-state index in [1.165, 1.54) is 10.5 Å². The first-order valence-electron chi connectivity index (χ1n) is 11.6. The van der Waals surface area contributed by atoms with E-state index >= 15 is 0 Å². The maximum Gasteiger partial charge on any atom is 0.328 e. The zero-order valence-electron chi connectivity index (χ0n) is 19.2. The fraction of sp³-hybridized carbons (Fsp3) is 0.400. The Morgan fingerprint density at radius 1 is 1.00 bits per heavy atom. The number of hydrogen-bond donors (Lipinski definition) is 1. The molecule has 0 saturated carbocycles. The smallest absolute Gasteiger partial charge is 0.328 e. The maximum atomic E-state index is 13.5. The van der Waals surface area contributed by atoms with E-state index in [0.29, 0.717) is 0 Å². The third-order valence-corrected chi connectivity index (χ3v) is 6.73. The first kappa shape index (κ1) is 22.5. The predicted molar refractivity (Wildman–Crippen MR) is 124 cm³/mol. The van der Waals surface area contributed by atoms with Crippen LogP contribution in [-0.4, -0.2) is 82.7 Å². The van der Waals surface area contributed by atoms with Gasteiger partial charge in [-0.15, -0.1) is 0 Å². The lowest BCUT2D eigenvalue weighted by molar-refractivity contribution is -0.152. The summed E-state index contributed by atoms with van der Waals surface area (Å²) in [6.45, 7) is 2.08. The molecule has 0 aromatic heterocycles. The first-order chi connectivity index (χ1) is 16.5. The Hall–Kier alpha value is -3.27. The molecule has 0 spiro atoms. The molecule has 178 valence electrons. The monoisotopic (exact) mass is 463 g/mol. The van der Waals surface area contributed by atoms with Crippen LogP contribution in [0.15, 0.2) is 60.7 Å². The van der Waals surface area contributed by atoms with Crippen molar-refractivity contribution in [3.8, 4) is 0 Å². The molecule has 3 saturated heterocycles. The SMILES string of the molecule is CN1C(=O)N(CC(=O)OCc2ccccc2)C(=O)C2C1NC1N(Cc3ccccc3)CCCN21. The number of ether oxygens (including phenoxy) is 1. The predicted octanol–water partition coefficient (Wildman–Crippen LogP) is 1.41. The van der Waals surface area contributed by atoms with Crippen LogP contribution in [0.5, 0.6) is 0 Å². The van der Waals surface area contributed by atoms with E-state index < -0.39 is 30.8 Å². The van der Waals surface area contributed by atoms with E-state index in [0.717, 1.165) is 36.5 Å². The van der Waals surface area contributed by atoms with Gasteiger partial charge in [-0.2, -0.15) is 0 Å². The van der Waals surface area contributed by atoms with E-state index in [4.69, 9.17) is 4.74 Å². The molecule has 1 N–H and O–H groups in total. The summed E-state index contributed by atoms with van der Waals surface area (Å²) in [6, 6.07) is 18.5. The number of nitrogens with zero attached hydrogens (tertiary/aromatic N) is 4. The molecule has 0 aliphatic carbocycles. The molecule has 3 atom stereocenters. The standard InChI is InChI=1S/C25H29N5O4/c1-27-22-21(29-14-8-13-28(24(29)26-22)15-18-9-4-2-5-10-18)23(32)30(25(27)33)16-20(31)34-17-19-11-6-3-7-12-19/h2-7,9-12,21-22,24,26H,8,13-17H2,1H3. The van der Waals surface area contributed by atoms with Crippen molar-refractivity contribution in [3.05, 3.63) is 71.8 Å². The van der Waals surface area contributed by atoms with Gasteiger partial charge in [-0.3, -0.25) is 29.6 Å². The topological polar surface area (TPSA) is 85.4 Å². The van der Waals surface area contributed by atoms with Gasteiger partial charge in [0.15, 0.2) is 0 Å². The number of benzene rings is 2. The van der Waals surface area contributed by atoms with Crippen LogP contribution >= 0.6 is 0 Å². The second-order valence-corrected chi connectivity index (χ2v) is 8.94. The van der Waals surface area contributed by atoms with E-state index in [1.54, 1.807) is 7.05 Å². The Balaban J connectivity index is 1.28. The van der Waals surface area contributed by atoms with Crippen LogP contribution in [0.4, 0.5) is 4.79 Å². The summed E-state index contributed by atoms with van der Waals surface area (Å²) in [4.78, 5) is 45.9. The van der Waals surface area contributed by atoms with Crippen molar-refractivity contribution < 1.29 is 19.1 Å². The summed E-state index contributed by atoms with van der Waals surface area (Å²) >= 11 is 0. The number of rotatable bonds is 6. The number of carbonyl (C=O) groups is 3. The number of hydrogen-bond acceptors (Lipinski definition) is 7. The highest BCUT2D eigenvalue weighted by molar-refractivity contribution is 6.02. The van der Waals surface area contributed by atoms with Gasteiger partial charge in [0.1, 0.15) is 31.6 Å². The third kappa shape index (κ3) is 4.29. The van der Waals surface area contributed by atoms with Crippen LogP contribution in [0.3, 0.4) is 0 Å². The highest BCUT2D eigenvalue weighted by atomic mass is 16.5. The van der Waals surface area contributed by atoms with Gasteiger partial charge in [0.25, 0.3) is 5.91 Å². The number of imide groups is 1. The molecule has 9 heteroatoms. The minimum absolute atomic E-state index is 0.0992. The Labute approximate surface area is 198 Å². The summed E-state index contributed by atoms with van der Waals surface area (Å²) < 4.78 is 5.32. The molecule has 3 fully saturated rings. The van der Waals surface area contributed by atoms with E-state index in [2.05, 4.69) is 27.2 Å². The van der Waals surface area contributed by atoms with Crippen molar-refractivity contribution >= 4 is 17.9 Å². The number of likely N-dealkylation sites (N-methyl/N-ethyl adjacent to an activating group) is 1. The number of esters is 1. The quantitative estimate of drug-likeness (QED) is 0.649.